The second-order valence-electron chi connectivity index (χ2n) is 5.79. The number of rotatable bonds is 4. The van der Waals surface area contributed by atoms with Gasteiger partial charge in [0.05, 0.1) is 11.7 Å². The van der Waals surface area contributed by atoms with Crippen molar-refractivity contribution in [2.75, 3.05) is 11.9 Å². The first-order chi connectivity index (χ1) is 12.1. The van der Waals surface area contributed by atoms with Gasteiger partial charge in [-0.3, -0.25) is 9.59 Å². The maximum Gasteiger partial charge on any atom is 0.255 e. The van der Waals surface area contributed by atoms with Gasteiger partial charge in [-0.05, 0) is 29.8 Å². The van der Waals surface area contributed by atoms with Crippen LogP contribution in [-0.4, -0.2) is 27.2 Å². The number of carbonyl (C=O) groups is 2. The number of anilines is 1. The van der Waals surface area contributed by atoms with Crippen LogP contribution in [0.5, 0.6) is 5.75 Å². The lowest BCUT2D eigenvalue weighted by molar-refractivity contribution is -0.120. The molecule has 1 atom stereocenters. The maximum atomic E-state index is 12.1. The number of ether oxygens (including phenoxy) is 1. The highest BCUT2D eigenvalue weighted by atomic mass is 32.1. The Morgan fingerprint density at radius 1 is 1.24 bits per heavy atom. The minimum absolute atomic E-state index is 0.0332. The van der Waals surface area contributed by atoms with Gasteiger partial charge in [0.15, 0.2) is 6.61 Å². The second-order valence-corrected chi connectivity index (χ2v) is 6.32. The largest absolute Gasteiger partial charge is 0.484 e. The van der Waals surface area contributed by atoms with Crippen LogP contribution in [0.3, 0.4) is 0 Å². The summed E-state index contributed by atoms with van der Waals surface area (Å²) < 4.78 is 14.0. The predicted octanol–water partition coefficient (Wildman–Crippen LogP) is 2.03. The van der Waals surface area contributed by atoms with Crippen molar-refractivity contribution in [3.8, 4) is 5.75 Å². The summed E-state index contributed by atoms with van der Waals surface area (Å²) in [7, 11) is 0. The van der Waals surface area contributed by atoms with E-state index in [1.165, 1.54) is 0 Å². The summed E-state index contributed by atoms with van der Waals surface area (Å²) in [5.74, 6) is -0.118. The number of hydrogen-bond acceptors (Lipinski definition) is 6. The Bertz CT molecular complexity index is 968. The van der Waals surface area contributed by atoms with Crippen LogP contribution < -0.4 is 15.8 Å². The van der Waals surface area contributed by atoms with E-state index in [-0.39, 0.29) is 18.4 Å². The summed E-state index contributed by atoms with van der Waals surface area (Å²) in [6, 6.07) is 11.0. The molecule has 0 spiro atoms. The lowest BCUT2D eigenvalue weighted by Gasteiger charge is -2.26. The zero-order chi connectivity index (χ0) is 17.4. The fourth-order valence-corrected chi connectivity index (χ4v) is 3.61. The number of carbonyl (C=O) groups excluding carboxylic acids is 2. The van der Waals surface area contributed by atoms with Crippen molar-refractivity contribution in [3.05, 3.63) is 47.5 Å². The van der Waals surface area contributed by atoms with E-state index in [0.717, 1.165) is 39.6 Å². The lowest BCUT2D eigenvalue weighted by Crippen LogP contribution is -2.23. The van der Waals surface area contributed by atoms with E-state index in [4.69, 9.17) is 10.5 Å². The first-order valence-electron chi connectivity index (χ1n) is 7.68. The zero-order valence-electron chi connectivity index (χ0n) is 13.1. The van der Waals surface area contributed by atoms with Crippen molar-refractivity contribution < 1.29 is 14.3 Å². The van der Waals surface area contributed by atoms with Gasteiger partial charge in [-0.1, -0.05) is 12.1 Å². The van der Waals surface area contributed by atoms with Gasteiger partial charge in [0.1, 0.15) is 16.8 Å². The molecule has 0 unspecified atom stereocenters. The Balaban J connectivity index is 1.72. The molecule has 8 heteroatoms. The van der Waals surface area contributed by atoms with Gasteiger partial charge < -0.3 is 15.8 Å². The van der Waals surface area contributed by atoms with E-state index >= 15 is 0 Å². The normalized spacial score (nSPS) is 16.3. The molecule has 2 amide bonds. The van der Waals surface area contributed by atoms with E-state index in [9.17, 15) is 9.59 Å². The summed E-state index contributed by atoms with van der Waals surface area (Å²) in [4.78, 5) is 22.9. The number of nitrogens with one attached hydrogen (secondary N) is 1. The lowest BCUT2D eigenvalue weighted by atomic mass is 9.84. The predicted molar refractivity (Wildman–Crippen MR) is 93.6 cm³/mol. The molecule has 0 bridgehead atoms. The Morgan fingerprint density at radius 3 is 2.80 bits per heavy atom. The van der Waals surface area contributed by atoms with Gasteiger partial charge in [-0.15, -0.1) is 0 Å². The Labute approximate surface area is 147 Å². The number of nitrogens with two attached hydrogens (primary N) is 1. The fraction of sp³-hybridized carbons (Fsp3) is 0.176. The number of primary amides is 1. The van der Waals surface area contributed by atoms with Crippen LogP contribution >= 0.6 is 11.7 Å². The Morgan fingerprint density at radius 2 is 2.04 bits per heavy atom. The van der Waals surface area contributed by atoms with Gasteiger partial charge in [0.2, 0.25) is 5.91 Å². The summed E-state index contributed by atoms with van der Waals surface area (Å²) in [5.41, 5.74) is 9.46. The number of fused-ring (bicyclic) bond motifs is 3. The van der Waals surface area contributed by atoms with E-state index in [1.54, 1.807) is 12.1 Å². The Kier molecular flexibility index (Phi) is 3.81. The average Bonchev–Trinajstić information content (AvgIpc) is 3.08. The third-order valence-electron chi connectivity index (χ3n) is 4.14. The van der Waals surface area contributed by atoms with E-state index in [1.807, 2.05) is 24.3 Å². The van der Waals surface area contributed by atoms with Gasteiger partial charge in [-0.2, -0.15) is 8.75 Å². The molecular formula is C17H14N4O3S. The molecule has 126 valence electrons. The van der Waals surface area contributed by atoms with Crippen molar-refractivity contribution in [3.63, 3.8) is 0 Å². The molecule has 3 aromatic rings. The molecule has 3 N–H and O–H groups in total. The number of nitrogens with zero attached hydrogens (tertiary/aromatic N) is 2. The van der Waals surface area contributed by atoms with Crippen molar-refractivity contribution in [1.29, 1.82) is 0 Å². The second kappa shape index (κ2) is 6.14. The number of hydrogen-bond donors (Lipinski definition) is 2. The molecule has 2 heterocycles. The minimum atomic E-state index is -0.527. The molecule has 0 saturated heterocycles. The van der Waals surface area contributed by atoms with Crippen molar-refractivity contribution in [1.82, 2.24) is 8.75 Å². The third-order valence-corrected chi connectivity index (χ3v) is 4.69. The summed E-state index contributed by atoms with van der Waals surface area (Å²) in [6.07, 6.45) is 0.338. The molecule has 2 aromatic carbocycles. The SMILES string of the molecule is NC(=O)COc1ccc([C@@H]2CC(=O)Nc3ccc4nsnc4c32)cc1. The van der Waals surface area contributed by atoms with Crippen LogP contribution in [0, 0.1) is 0 Å². The number of amides is 2. The first kappa shape index (κ1) is 15.5. The third kappa shape index (κ3) is 2.91. The van der Waals surface area contributed by atoms with Gasteiger partial charge >= 0.3 is 0 Å². The molecule has 1 aliphatic heterocycles. The van der Waals surface area contributed by atoms with Crippen molar-refractivity contribution in [2.45, 2.75) is 12.3 Å². The average molecular weight is 354 g/mol. The summed E-state index contributed by atoms with van der Waals surface area (Å²) in [6.45, 7) is -0.168. The van der Waals surface area contributed by atoms with Crippen molar-refractivity contribution >= 4 is 40.3 Å². The van der Waals surface area contributed by atoms with Crippen LogP contribution in [0.25, 0.3) is 11.0 Å². The highest BCUT2D eigenvalue weighted by molar-refractivity contribution is 7.00. The van der Waals surface area contributed by atoms with Crippen LogP contribution in [-0.2, 0) is 9.59 Å². The minimum Gasteiger partial charge on any atom is -0.484 e. The van der Waals surface area contributed by atoms with Gasteiger partial charge in [0.25, 0.3) is 5.91 Å². The van der Waals surface area contributed by atoms with Crippen molar-refractivity contribution in [2.24, 2.45) is 5.73 Å². The standard InChI is InChI=1S/C17H14N4O3S/c18-14(22)8-24-10-3-1-9(2-4-10)11-7-15(23)19-12-5-6-13-17(16(11)12)21-25-20-13/h1-6,11H,7-8H2,(H2,18,22)(H,19,23)/t11-/m0/s1. The molecule has 25 heavy (non-hydrogen) atoms. The molecule has 1 aromatic heterocycles. The van der Waals surface area contributed by atoms with Gasteiger partial charge in [0, 0.05) is 23.6 Å². The highest BCUT2D eigenvalue weighted by Crippen LogP contribution is 2.41. The summed E-state index contributed by atoms with van der Waals surface area (Å²) in [5, 5.41) is 2.91. The number of aromatic nitrogens is 2. The summed E-state index contributed by atoms with van der Waals surface area (Å²) >= 11 is 1.16. The molecule has 1 aliphatic rings. The molecule has 0 radical (unpaired) electrons. The first-order valence-corrected chi connectivity index (χ1v) is 8.41. The number of benzene rings is 2. The molecule has 4 rings (SSSR count). The maximum absolute atomic E-state index is 12.1. The fourth-order valence-electron chi connectivity index (χ4n) is 3.06. The van der Waals surface area contributed by atoms with E-state index in [0.29, 0.717) is 12.2 Å². The highest BCUT2D eigenvalue weighted by Gasteiger charge is 2.29. The van der Waals surface area contributed by atoms with Gasteiger partial charge in [-0.25, -0.2) is 0 Å². The van der Waals surface area contributed by atoms with E-state index < -0.39 is 5.91 Å². The topological polar surface area (TPSA) is 107 Å². The van der Waals surface area contributed by atoms with Crippen LogP contribution in [0.15, 0.2) is 36.4 Å². The van der Waals surface area contributed by atoms with Crippen LogP contribution in [0.4, 0.5) is 5.69 Å². The zero-order valence-corrected chi connectivity index (χ0v) is 13.9. The molecule has 0 saturated carbocycles. The Hall–Kier alpha value is -3.00. The van der Waals surface area contributed by atoms with E-state index in [2.05, 4.69) is 14.1 Å². The molecule has 0 aliphatic carbocycles. The van der Waals surface area contributed by atoms with Crippen LogP contribution in [0.2, 0.25) is 0 Å². The molecule has 7 nitrogen and oxygen atoms in total. The monoisotopic (exact) mass is 354 g/mol. The smallest absolute Gasteiger partial charge is 0.255 e. The molecule has 0 fully saturated rings. The quantitative estimate of drug-likeness (QED) is 0.745. The molecular weight excluding hydrogens is 340 g/mol. The van der Waals surface area contributed by atoms with Crippen LogP contribution in [0.1, 0.15) is 23.5 Å².